The van der Waals surface area contributed by atoms with Crippen LogP contribution in [0.4, 0.5) is 0 Å². The molecule has 0 bridgehead atoms. The van der Waals surface area contributed by atoms with Gasteiger partial charge in [0.15, 0.2) is 11.5 Å². The highest BCUT2D eigenvalue weighted by molar-refractivity contribution is 9.10. The van der Waals surface area contributed by atoms with Crippen LogP contribution in [0, 0.1) is 11.3 Å². The van der Waals surface area contributed by atoms with Crippen LogP contribution in [0.15, 0.2) is 28.1 Å². The normalized spacial score (nSPS) is 15.7. The van der Waals surface area contributed by atoms with Crippen molar-refractivity contribution in [3.05, 3.63) is 44.9 Å². The second-order valence-corrected chi connectivity index (χ2v) is 6.60. The van der Waals surface area contributed by atoms with Gasteiger partial charge < -0.3 is 24.7 Å². The van der Waals surface area contributed by atoms with Gasteiger partial charge in [-0.3, -0.25) is 5.10 Å². The van der Waals surface area contributed by atoms with Crippen molar-refractivity contribution in [3.8, 4) is 23.4 Å². The van der Waals surface area contributed by atoms with E-state index in [1.807, 2.05) is 19.1 Å². The molecule has 0 aliphatic carbocycles. The first-order valence-corrected chi connectivity index (χ1v) is 8.98. The van der Waals surface area contributed by atoms with E-state index >= 15 is 0 Å². The third-order valence-electron chi connectivity index (χ3n) is 4.18. The SMILES string of the molecule is CCOc1c(Br)cc(C2C(C#N)=C(N)Oc3n[nH]c(COC)c32)cc1OC. The molecule has 2 heterocycles. The third kappa shape index (κ3) is 3.34. The zero-order valence-corrected chi connectivity index (χ0v) is 16.7. The minimum atomic E-state index is -0.483. The summed E-state index contributed by atoms with van der Waals surface area (Å²) in [7, 11) is 3.14. The van der Waals surface area contributed by atoms with Gasteiger partial charge in [0.1, 0.15) is 11.6 Å². The van der Waals surface area contributed by atoms with Crippen LogP contribution in [0.1, 0.15) is 29.7 Å². The molecule has 27 heavy (non-hydrogen) atoms. The van der Waals surface area contributed by atoms with Gasteiger partial charge in [0.25, 0.3) is 0 Å². The monoisotopic (exact) mass is 434 g/mol. The average Bonchev–Trinajstić information content (AvgIpc) is 3.04. The third-order valence-corrected chi connectivity index (χ3v) is 4.77. The molecule has 1 aliphatic heterocycles. The Balaban J connectivity index is 2.22. The minimum absolute atomic E-state index is 0.0226. The van der Waals surface area contributed by atoms with Gasteiger partial charge in [-0.25, -0.2) is 0 Å². The van der Waals surface area contributed by atoms with Gasteiger partial charge >= 0.3 is 0 Å². The predicted molar refractivity (Wildman–Crippen MR) is 100 cm³/mol. The number of allylic oxidation sites excluding steroid dienone is 1. The summed E-state index contributed by atoms with van der Waals surface area (Å²) in [6, 6.07) is 5.86. The number of fused-ring (bicyclic) bond motifs is 1. The summed E-state index contributed by atoms with van der Waals surface area (Å²) in [6.45, 7) is 2.67. The van der Waals surface area contributed by atoms with E-state index in [4.69, 9.17) is 24.7 Å². The van der Waals surface area contributed by atoms with E-state index in [1.165, 1.54) is 0 Å². The zero-order chi connectivity index (χ0) is 19.6. The maximum atomic E-state index is 9.71. The number of nitrogens with one attached hydrogen (secondary N) is 1. The topological polar surface area (TPSA) is 115 Å². The molecule has 142 valence electrons. The van der Waals surface area contributed by atoms with Gasteiger partial charge in [0.05, 0.1) is 42.0 Å². The van der Waals surface area contributed by atoms with Crippen molar-refractivity contribution in [3.63, 3.8) is 0 Å². The zero-order valence-electron chi connectivity index (χ0n) is 15.1. The molecule has 0 amide bonds. The van der Waals surface area contributed by atoms with Crippen LogP contribution in [0.2, 0.25) is 0 Å². The van der Waals surface area contributed by atoms with Gasteiger partial charge in [-0.15, -0.1) is 5.10 Å². The van der Waals surface area contributed by atoms with Crippen LogP contribution in [-0.2, 0) is 11.3 Å². The summed E-state index contributed by atoms with van der Waals surface area (Å²) in [5.41, 5.74) is 8.48. The summed E-state index contributed by atoms with van der Waals surface area (Å²) < 4.78 is 22.6. The minimum Gasteiger partial charge on any atom is -0.493 e. The lowest BCUT2D eigenvalue weighted by Crippen LogP contribution is -2.21. The Kier molecular flexibility index (Phi) is 5.58. The van der Waals surface area contributed by atoms with Crippen LogP contribution in [0.25, 0.3) is 0 Å². The number of H-pyrrole nitrogens is 1. The Morgan fingerprint density at radius 3 is 2.81 bits per heavy atom. The quantitative estimate of drug-likeness (QED) is 0.717. The van der Waals surface area contributed by atoms with E-state index in [2.05, 4.69) is 32.2 Å². The highest BCUT2D eigenvalue weighted by Gasteiger charge is 2.36. The maximum absolute atomic E-state index is 9.71. The summed E-state index contributed by atoms with van der Waals surface area (Å²) in [5, 5.41) is 16.8. The first-order valence-electron chi connectivity index (χ1n) is 8.19. The number of rotatable bonds is 6. The van der Waals surface area contributed by atoms with E-state index in [9.17, 15) is 5.26 Å². The molecule has 0 saturated heterocycles. The Morgan fingerprint density at radius 2 is 2.19 bits per heavy atom. The summed E-state index contributed by atoms with van der Waals surface area (Å²) in [6.07, 6.45) is 0. The molecule has 0 saturated carbocycles. The average molecular weight is 435 g/mol. The van der Waals surface area contributed by atoms with Crippen LogP contribution < -0.4 is 19.9 Å². The van der Waals surface area contributed by atoms with E-state index in [0.29, 0.717) is 45.3 Å². The summed E-state index contributed by atoms with van der Waals surface area (Å²) in [4.78, 5) is 0. The molecular weight excluding hydrogens is 416 g/mol. The van der Waals surface area contributed by atoms with Crippen molar-refractivity contribution in [2.24, 2.45) is 5.73 Å². The highest BCUT2D eigenvalue weighted by Crippen LogP contribution is 2.46. The standard InChI is InChI=1S/C18H19BrN4O4/c1-4-26-16-11(19)5-9(6-13(16)25-3)14-10(7-20)17(21)27-18-15(14)12(8-24-2)22-23-18/h5-6,14H,4,8,21H2,1-3H3,(H,22,23). The van der Waals surface area contributed by atoms with Gasteiger partial charge in [-0.05, 0) is 40.5 Å². The number of hydrogen-bond acceptors (Lipinski definition) is 7. The van der Waals surface area contributed by atoms with Crippen molar-refractivity contribution in [1.82, 2.24) is 10.2 Å². The molecule has 0 radical (unpaired) electrons. The number of ether oxygens (including phenoxy) is 4. The van der Waals surface area contributed by atoms with Gasteiger partial charge in [-0.2, -0.15) is 5.26 Å². The summed E-state index contributed by atoms with van der Waals surface area (Å²) in [5.74, 6) is 1.00. The van der Waals surface area contributed by atoms with E-state index in [0.717, 1.165) is 5.56 Å². The fourth-order valence-corrected chi connectivity index (χ4v) is 3.66. The largest absolute Gasteiger partial charge is 0.493 e. The van der Waals surface area contributed by atoms with E-state index in [-0.39, 0.29) is 12.5 Å². The highest BCUT2D eigenvalue weighted by atomic mass is 79.9. The predicted octanol–water partition coefficient (Wildman–Crippen LogP) is 2.94. The van der Waals surface area contributed by atoms with Crippen LogP contribution in [0.5, 0.6) is 17.4 Å². The van der Waals surface area contributed by atoms with Crippen molar-refractivity contribution in [2.45, 2.75) is 19.4 Å². The Morgan fingerprint density at radius 1 is 1.41 bits per heavy atom. The number of nitriles is 1. The molecule has 3 N–H and O–H groups in total. The smallest absolute Gasteiger partial charge is 0.244 e. The fraction of sp³-hybridized carbons (Fsp3) is 0.333. The first kappa shape index (κ1) is 19.1. The second kappa shape index (κ2) is 7.90. The van der Waals surface area contributed by atoms with Crippen molar-refractivity contribution < 1.29 is 18.9 Å². The molecule has 1 aliphatic rings. The second-order valence-electron chi connectivity index (χ2n) is 5.75. The molecule has 1 unspecified atom stereocenters. The Bertz CT molecular complexity index is 932. The van der Waals surface area contributed by atoms with Crippen molar-refractivity contribution in [2.75, 3.05) is 20.8 Å². The van der Waals surface area contributed by atoms with Crippen LogP contribution >= 0.6 is 15.9 Å². The molecule has 0 spiro atoms. The van der Waals surface area contributed by atoms with Gasteiger partial charge in [0.2, 0.25) is 11.8 Å². The van der Waals surface area contributed by atoms with E-state index in [1.54, 1.807) is 14.2 Å². The molecule has 1 atom stereocenters. The number of halogens is 1. The van der Waals surface area contributed by atoms with Crippen LogP contribution in [-0.4, -0.2) is 31.0 Å². The lowest BCUT2D eigenvalue weighted by molar-refractivity contribution is 0.180. The van der Waals surface area contributed by atoms with Gasteiger partial charge in [0, 0.05) is 7.11 Å². The van der Waals surface area contributed by atoms with Crippen molar-refractivity contribution in [1.29, 1.82) is 5.26 Å². The molecule has 1 aromatic heterocycles. The number of benzene rings is 1. The maximum Gasteiger partial charge on any atom is 0.244 e. The lowest BCUT2D eigenvalue weighted by Gasteiger charge is -2.25. The molecule has 9 heteroatoms. The van der Waals surface area contributed by atoms with Gasteiger partial charge in [-0.1, -0.05) is 0 Å². The van der Waals surface area contributed by atoms with Crippen LogP contribution in [0.3, 0.4) is 0 Å². The fourth-order valence-electron chi connectivity index (χ4n) is 3.09. The number of hydrogen-bond donors (Lipinski definition) is 2. The lowest BCUT2D eigenvalue weighted by atomic mass is 9.84. The number of aromatic nitrogens is 2. The molecule has 2 aromatic rings. The number of nitrogens with two attached hydrogens (primary N) is 1. The molecular formula is C18H19BrN4O4. The molecule has 1 aromatic carbocycles. The van der Waals surface area contributed by atoms with Crippen molar-refractivity contribution >= 4 is 15.9 Å². The Labute approximate surface area is 165 Å². The summed E-state index contributed by atoms with van der Waals surface area (Å²) >= 11 is 3.53. The number of nitrogens with zero attached hydrogens (tertiary/aromatic N) is 2. The van der Waals surface area contributed by atoms with E-state index < -0.39 is 5.92 Å². The first-order chi connectivity index (χ1) is 13.0. The molecule has 3 rings (SSSR count). The molecule has 8 nitrogen and oxygen atoms in total. The number of methoxy groups -OCH3 is 2. The Hall–Kier alpha value is -2.70. The molecule has 0 fully saturated rings. The number of aromatic amines is 1.